The molecule has 0 rings (SSSR count). The van der Waals surface area contributed by atoms with Gasteiger partial charge in [-0.3, -0.25) is 0 Å². The Bertz CT molecular complexity index is 83.9. The first kappa shape index (κ1) is 16.3. The Morgan fingerprint density at radius 2 is 1.83 bits per heavy atom. The maximum atomic E-state index is 9.85. The molecule has 0 aliphatic rings. The second-order valence-corrected chi connectivity index (χ2v) is 2.73. The molecule has 12 heavy (non-hydrogen) atoms. The summed E-state index contributed by atoms with van der Waals surface area (Å²) in [5, 5.41) is 0. The van der Waals surface area contributed by atoms with Gasteiger partial charge in [-0.2, -0.15) is 8.60 Å². The van der Waals surface area contributed by atoms with Crippen molar-refractivity contribution in [3.8, 4) is 0 Å². The minimum atomic E-state index is -2.70. The van der Waals surface area contributed by atoms with E-state index in [9.17, 15) is 9.79 Å². The molecule has 0 aromatic rings. The Hall–Kier alpha value is 1.84. The van der Waals surface area contributed by atoms with E-state index in [0.29, 0.717) is 13.2 Å². The molecule has 0 fully saturated rings. The first-order valence-electron chi connectivity index (χ1n) is 3.62. The molecule has 0 radical (unpaired) electrons. The van der Waals surface area contributed by atoms with Gasteiger partial charge >= 0.3 is 48.9 Å². The van der Waals surface area contributed by atoms with Crippen LogP contribution < -0.4 is 9.79 Å². The molecular weight excluding hydrogens is 304 g/mol. The first-order chi connectivity index (χ1) is 5.27. The third-order valence-corrected chi connectivity index (χ3v) is 1.46. The standard InChI is InChI=1S/C6H13O4P.Ba/c1-2-3-4-9-5-6-10-11(7)8;/h2-6H2,1H3;/q-2;+2. The largest absolute Gasteiger partial charge is 2.00 e. The smallest absolute Gasteiger partial charge is 0.820 e. The molecule has 0 aromatic heterocycles. The Morgan fingerprint density at radius 1 is 1.17 bits per heavy atom. The van der Waals surface area contributed by atoms with E-state index in [1.54, 1.807) is 0 Å². The molecule has 6 heteroatoms. The van der Waals surface area contributed by atoms with Gasteiger partial charge in [-0.25, -0.2) is 0 Å². The summed E-state index contributed by atoms with van der Waals surface area (Å²) in [6, 6.07) is 0. The zero-order chi connectivity index (χ0) is 8.53. The summed E-state index contributed by atoms with van der Waals surface area (Å²) in [6.07, 6.45) is 2.08. The molecule has 68 valence electrons. The van der Waals surface area contributed by atoms with Crippen molar-refractivity contribution in [2.24, 2.45) is 0 Å². The molecule has 0 atom stereocenters. The minimum Gasteiger partial charge on any atom is -0.820 e. The van der Waals surface area contributed by atoms with E-state index in [1.165, 1.54) is 0 Å². The summed E-state index contributed by atoms with van der Waals surface area (Å²) in [6.45, 7) is 3.22. The average molecular weight is 317 g/mol. The van der Waals surface area contributed by atoms with Crippen molar-refractivity contribution >= 4 is 57.5 Å². The monoisotopic (exact) mass is 318 g/mol. The normalized spacial score (nSPS) is 10.0. The van der Waals surface area contributed by atoms with Crippen LogP contribution >= 0.6 is 8.60 Å². The molecule has 4 nitrogen and oxygen atoms in total. The summed E-state index contributed by atoms with van der Waals surface area (Å²) in [5.74, 6) is 0. The van der Waals surface area contributed by atoms with Gasteiger partial charge in [0.1, 0.15) is 0 Å². The summed E-state index contributed by atoms with van der Waals surface area (Å²) >= 11 is 0. The van der Waals surface area contributed by atoms with E-state index in [0.717, 1.165) is 12.8 Å². The zero-order valence-corrected chi connectivity index (χ0v) is 12.7. The number of hydrogen-bond acceptors (Lipinski definition) is 4. The second-order valence-electron chi connectivity index (χ2n) is 2.02. The second kappa shape index (κ2) is 12.8. The SMILES string of the molecule is CCCCOCCOP([O-])[O-].[Ba+2]. The molecule has 0 N–H and O–H groups in total. The van der Waals surface area contributed by atoms with Crippen LogP contribution in [0.3, 0.4) is 0 Å². The van der Waals surface area contributed by atoms with Crippen LogP contribution in [0.4, 0.5) is 0 Å². The van der Waals surface area contributed by atoms with Crippen molar-refractivity contribution in [2.45, 2.75) is 19.8 Å². The Balaban J connectivity index is 0. The predicted molar refractivity (Wildman–Crippen MR) is 44.4 cm³/mol. The minimum absolute atomic E-state index is 0. The Kier molecular flexibility index (Phi) is 17.4. The van der Waals surface area contributed by atoms with Gasteiger partial charge in [0.15, 0.2) is 0 Å². The summed E-state index contributed by atoms with van der Waals surface area (Å²) < 4.78 is 9.28. The Morgan fingerprint density at radius 3 is 2.33 bits per heavy atom. The van der Waals surface area contributed by atoms with Gasteiger partial charge in [0.2, 0.25) is 0 Å². The van der Waals surface area contributed by atoms with Crippen LogP contribution in [0.1, 0.15) is 19.8 Å². The fraction of sp³-hybridized carbons (Fsp3) is 1.00. The van der Waals surface area contributed by atoms with Crippen LogP contribution in [-0.4, -0.2) is 68.7 Å². The molecule has 0 unspecified atom stereocenters. The van der Waals surface area contributed by atoms with Crippen LogP contribution in [0.2, 0.25) is 0 Å². The van der Waals surface area contributed by atoms with Crippen molar-refractivity contribution in [1.29, 1.82) is 0 Å². The van der Waals surface area contributed by atoms with Gasteiger partial charge in [0.25, 0.3) is 0 Å². The van der Waals surface area contributed by atoms with Gasteiger partial charge in [-0.05, 0) is 6.42 Å². The van der Waals surface area contributed by atoms with E-state index < -0.39 is 8.60 Å². The zero-order valence-electron chi connectivity index (χ0n) is 7.32. The van der Waals surface area contributed by atoms with Gasteiger partial charge in [0, 0.05) is 6.61 Å². The molecular formula is C6H13BaO4P. The third kappa shape index (κ3) is 14.4. The number of unbranched alkanes of at least 4 members (excludes halogenated alkanes) is 1. The van der Waals surface area contributed by atoms with Crippen molar-refractivity contribution in [3.05, 3.63) is 0 Å². The molecule has 0 heterocycles. The molecule has 0 spiro atoms. The quantitative estimate of drug-likeness (QED) is 0.357. The summed E-state index contributed by atoms with van der Waals surface area (Å²) in [4.78, 5) is 19.7. The van der Waals surface area contributed by atoms with E-state index in [1.807, 2.05) is 0 Å². The van der Waals surface area contributed by atoms with Crippen LogP contribution in [-0.2, 0) is 9.26 Å². The van der Waals surface area contributed by atoms with Crippen molar-refractivity contribution in [1.82, 2.24) is 0 Å². The number of hydrogen-bond donors (Lipinski definition) is 0. The van der Waals surface area contributed by atoms with Crippen molar-refractivity contribution in [2.75, 3.05) is 19.8 Å². The fourth-order valence-electron chi connectivity index (χ4n) is 0.519. The summed E-state index contributed by atoms with van der Waals surface area (Å²) in [7, 11) is -2.70. The maximum absolute atomic E-state index is 9.85. The van der Waals surface area contributed by atoms with E-state index >= 15 is 0 Å². The van der Waals surface area contributed by atoms with Gasteiger partial charge in [0.05, 0.1) is 13.2 Å². The first-order valence-corrected chi connectivity index (χ1v) is 4.72. The van der Waals surface area contributed by atoms with Crippen molar-refractivity contribution < 1.29 is 19.0 Å². The van der Waals surface area contributed by atoms with Crippen LogP contribution in [0.5, 0.6) is 0 Å². The third-order valence-electron chi connectivity index (χ3n) is 1.07. The van der Waals surface area contributed by atoms with E-state index in [2.05, 4.69) is 11.4 Å². The molecule has 0 aliphatic carbocycles. The number of ether oxygens (including phenoxy) is 1. The maximum Gasteiger partial charge on any atom is 2.00 e. The average Bonchev–Trinajstić information content (AvgIpc) is 1.96. The van der Waals surface area contributed by atoms with Gasteiger partial charge in [-0.1, -0.05) is 13.3 Å². The molecule has 0 aromatic carbocycles. The van der Waals surface area contributed by atoms with Crippen LogP contribution in [0.25, 0.3) is 0 Å². The van der Waals surface area contributed by atoms with Crippen molar-refractivity contribution in [3.63, 3.8) is 0 Å². The molecule has 0 bridgehead atoms. The Labute approximate surface area is 115 Å². The van der Waals surface area contributed by atoms with Crippen LogP contribution in [0, 0.1) is 0 Å². The topological polar surface area (TPSA) is 64.6 Å². The molecule has 0 amide bonds. The molecule has 0 saturated heterocycles. The predicted octanol–water partition coefficient (Wildman–Crippen LogP) is -0.614. The van der Waals surface area contributed by atoms with Crippen LogP contribution in [0.15, 0.2) is 0 Å². The van der Waals surface area contributed by atoms with E-state index in [-0.39, 0.29) is 55.5 Å². The van der Waals surface area contributed by atoms with Gasteiger partial charge in [-0.15, -0.1) is 0 Å². The fourth-order valence-corrected chi connectivity index (χ4v) is 0.743. The molecule has 0 saturated carbocycles. The van der Waals surface area contributed by atoms with E-state index in [4.69, 9.17) is 4.74 Å². The molecule has 0 aliphatic heterocycles. The van der Waals surface area contributed by atoms with Gasteiger partial charge < -0.3 is 19.0 Å². The summed E-state index contributed by atoms with van der Waals surface area (Å²) in [5.41, 5.74) is 0. The number of rotatable bonds is 7.